The van der Waals surface area contributed by atoms with Crippen LogP contribution in [0.2, 0.25) is 0 Å². The summed E-state index contributed by atoms with van der Waals surface area (Å²) in [6.07, 6.45) is 1.68. The zero-order valence-electron chi connectivity index (χ0n) is 8.27. The molecule has 1 saturated heterocycles. The molecule has 1 unspecified atom stereocenters. The highest BCUT2D eigenvalue weighted by molar-refractivity contribution is 7.99. The maximum absolute atomic E-state index is 11.7. The number of hydrogen-bond acceptors (Lipinski definition) is 5. The smallest absolute Gasteiger partial charge is 0.330 e. The van der Waals surface area contributed by atoms with Gasteiger partial charge in [0.15, 0.2) is 5.69 Å². The lowest BCUT2D eigenvalue weighted by Gasteiger charge is -2.23. The molecule has 0 spiro atoms. The van der Waals surface area contributed by atoms with Crippen LogP contribution >= 0.6 is 11.8 Å². The molecule has 7 nitrogen and oxygen atoms in total. The van der Waals surface area contributed by atoms with Crippen molar-refractivity contribution in [3.63, 3.8) is 0 Å². The van der Waals surface area contributed by atoms with Crippen LogP contribution in [0.25, 0.3) is 0 Å². The summed E-state index contributed by atoms with van der Waals surface area (Å²) in [4.78, 5) is 22.8. The van der Waals surface area contributed by atoms with E-state index in [-0.39, 0.29) is 5.69 Å². The van der Waals surface area contributed by atoms with E-state index in [2.05, 4.69) is 20.7 Å². The second kappa shape index (κ2) is 4.12. The molecule has 0 aromatic carbocycles. The number of thioether (sulfide) groups is 1. The van der Waals surface area contributed by atoms with E-state index in [9.17, 15) is 9.59 Å². The molecule has 1 aliphatic heterocycles. The van der Waals surface area contributed by atoms with Crippen molar-refractivity contribution in [3.05, 3.63) is 11.9 Å². The van der Waals surface area contributed by atoms with Gasteiger partial charge < -0.3 is 10.4 Å². The Balaban J connectivity index is 2.13. The van der Waals surface area contributed by atoms with E-state index in [0.717, 1.165) is 5.75 Å². The van der Waals surface area contributed by atoms with Crippen molar-refractivity contribution in [1.82, 2.24) is 20.7 Å². The van der Waals surface area contributed by atoms with E-state index >= 15 is 0 Å². The van der Waals surface area contributed by atoms with Crippen LogP contribution in [-0.4, -0.2) is 49.4 Å². The third-order valence-corrected chi connectivity index (χ3v) is 3.62. The van der Waals surface area contributed by atoms with Crippen LogP contribution in [0.15, 0.2) is 6.20 Å². The van der Waals surface area contributed by atoms with E-state index in [1.165, 1.54) is 18.0 Å². The molecule has 3 N–H and O–H groups in total. The van der Waals surface area contributed by atoms with Gasteiger partial charge in [-0.05, 0) is 12.2 Å². The normalized spacial score (nSPS) is 24.2. The molecule has 1 aromatic heterocycles. The monoisotopic (exact) mass is 242 g/mol. The van der Waals surface area contributed by atoms with Crippen LogP contribution in [0, 0.1) is 0 Å². The van der Waals surface area contributed by atoms with Gasteiger partial charge in [0, 0.05) is 5.75 Å². The van der Waals surface area contributed by atoms with E-state index in [1.54, 1.807) is 0 Å². The lowest BCUT2D eigenvalue weighted by atomic mass is 9.99. The van der Waals surface area contributed by atoms with Gasteiger partial charge in [0.1, 0.15) is 5.54 Å². The second-order valence-electron chi connectivity index (χ2n) is 3.50. The summed E-state index contributed by atoms with van der Waals surface area (Å²) in [5.41, 5.74) is -1.07. The summed E-state index contributed by atoms with van der Waals surface area (Å²) < 4.78 is 0. The molecule has 8 heteroatoms. The zero-order valence-corrected chi connectivity index (χ0v) is 9.08. The van der Waals surface area contributed by atoms with Crippen LogP contribution in [0.5, 0.6) is 0 Å². The van der Waals surface area contributed by atoms with Crippen LogP contribution in [0.1, 0.15) is 16.9 Å². The van der Waals surface area contributed by atoms with Gasteiger partial charge in [0.05, 0.1) is 6.20 Å². The number of nitrogens with one attached hydrogen (secondary N) is 2. The number of carboxylic acid groups (broad SMARTS) is 1. The highest BCUT2D eigenvalue weighted by atomic mass is 32.2. The van der Waals surface area contributed by atoms with E-state index in [4.69, 9.17) is 5.11 Å². The fraction of sp³-hybridized carbons (Fsp3) is 0.500. The van der Waals surface area contributed by atoms with Crippen molar-refractivity contribution < 1.29 is 14.7 Å². The third-order valence-electron chi connectivity index (χ3n) is 2.43. The van der Waals surface area contributed by atoms with Gasteiger partial charge in [0.25, 0.3) is 5.91 Å². The third kappa shape index (κ3) is 1.87. The zero-order chi connectivity index (χ0) is 11.6. The highest BCUT2D eigenvalue weighted by Gasteiger charge is 2.43. The van der Waals surface area contributed by atoms with Crippen molar-refractivity contribution in [2.45, 2.75) is 12.0 Å². The molecule has 0 bridgehead atoms. The minimum atomic E-state index is -1.17. The number of carbonyl (C=O) groups is 2. The molecule has 0 saturated carbocycles. The topological polar surface area (TPSA) is 108 Å². The molecule has 1 atom stereocenters. The summed E-state index contributed by atoms with van der Waals surface area (Å²) in [6, 6.07) is 0. The maximum Gasteiger partial charge on any atom is 0.330 e. The molecular formula is C8H10N4O3S. The Morgan fingerprint density at radius 2 is 2.44 bits per heavy atom. The summed E-state index contributed by atoms with van der Waals surface area (Å²) in [7, 11) is 0. The second-order valence-corrected chi connectivity index (χ2v) is 4.60. The molecule has 1 amide bonds. The fourth-order valence-electron chi connectivity index (χ4n) is 1.48. The molecule has 1 aliphatic rings. The van der Waals surface area contributed by atoms with Gasteiger partial charge in [0.2, 0.25) is 0 Å². The number of aromatic amines is 1. The summed E-state index contributed by atoms with van der Waals surface area (Å²) in [5, 5.41) is 21.1. The average molecular weight is 242 g/mol. The molecule has 2 rings (SSSR count). The Morgan fingerprint density at radius 3 is 2.94 bits per heavy atom. The van der Waals surface area contributed by atoms with Gasteiger partial charge in [-0.15, -0.1) is 0 Å². The van der Waals surface area contributed by atoms with Crippen molar-refractivity contribution in [3.8, 4) is 0 Å². The number of hydrogen-bond donors (Lipinski definition) is 3. The lowest BCUT2D eigenvalue weighted by Crippen LogP contribution is -2.54. The summed E-state index contributed by atoms with van der Waals surface area (Å²) >= 11 is 1.51. The quantitative estimate of drug-likeness (QED) is 0.659. The van der Waals surface area contributed by atoms with Crippen LogP contribution in [0.3, 0.4) is 0 Å². The van der Waals surface area contributed by atoms with Crippen molar-refractivity contribution in [2.24, 2.45) is 0 Å². The average Bonchev–Trinajstić information content (AvgIpc) is 2.88. The number of carbonyl (C=O) groups excluding carboxylic acids is 1. The number of aliphatic carboxylic acids is 1. The number of aromatic nitrogens is 3. The Labute approximate surface area is 95.0 Å². The van der Waals surface area contributed by atoms with Crippen LogP contribution < -0.4 is 5.32 Å². The Bertz CT molecular complexity index is 399. The van der Waals surface area contributed by atoms with E-state index in [1.807, 2.05) is 0 Å². The van der Waals surface area contributed by atoms with Gasteiger partial charge in [-0.1, -0.05) is 0 Å². The van der Waals surface area contributed by atoms with Gasteiger partial charge >= 0.3 is 5.97 Å². The van der Waals surface area contributed by atoms with Gasteiger partial charge in [-0.25, -0.2) is 4.79 Å². The van der Waals surface area contributed by atoms with Crippen molar-refractivity contribution >= 4 is 23.6 Å². The Kier molecular flexibility index (Phi) is 2.82. The number of amides is 1. The van der Waals surface area contributed by atoms with E-state index in [0.29, 0.717) is 12.2 Å². The number of rotatable bonds is 3. The predicted octanol–water partition coefficient (Wildman–Crippen LogP) is -0.505. The first-order chi connectivity index (χ1) is 7.64. The number of nitrogens with zero attached hydrogens (tertiary/aromatic N) is 2. The lowest BCUT2D eigenvalue weighted by molar-refractivity contribution is -0.143. The first-order valence-corrected chi connectivity index (χ1v) is 5.79. The largest absolute Gasteiger partial charge is 0.479 e. The molecule has 1 fully saturated rings. The first kappa shape index (κ1) is 10.9. The Hall–Kier alpha value is -1.57. The standard InChI is InChI=1S/C8H10N4O3S/c13-6(5-3-9-12-11-5)10-8(7(14)15)1-2-16-4-8/h3H,1-2,4H2,(H,10,13)(H,14,15)(H,9,11,12). The Morgan fingerprint density at radius 1 is 1.62 bits per heavy atom. The number of carboxylic acids is 1. The van der Waals surface area contributed by atoms with Crippen molar-refractivity contribution in [2.75, 3.05) is 11.5 Å². The SMILES string of the molecule is O=C(NC1(C(=O)O)CCSC1)c1cn[nH]n1. The van der Waals surface area contributed by atoms with Crippen LogP contribution in [-0.2, 0) is 4.79 Å². The summed E-state index contributed by atoms with van der Waals surface area (Å²) in [6.45, 7) is 0. The van der Waals surface area contributed by atoms with Gasteiger partial charge in [-0.2, -0.15) is 27.2 Å². The number of H-pyrrole nitrogens is 1. The minimum absolute atomic E-state index is 0.0949. The van der Waals surface area contributed by atoms with Crippen LogP contribution in [0.4, 0.5) is 0 Å². The fourth-order valence-corrected chi connectivity index (χ4v) is 2.80. The molecule has 16 heavy (non-hydrogen) atoms. The minimum Gasteiger partial charge on any atom is -0.479 e. The molecule has 2 heterocycles. The summed E-state index contributed by atoms with van der Waals surface area (Å²) in [5.74, 6) is -0.412. The molecule has 0 aliphatic carbocycles. The maximum atomic E-state index is 11.7. The molecule has 86 valence electrons. The van der Waals surface area contributed by atoms with E-state index < -0.39 is 17.4 Å². The predicted molar refractivity (Wildman–Crippen MR) is 56.2 cm³/mol. The molecule has 1 aromatic rings. The first-order valence-electron chi connectivity index (χ1n) is 4.63. The highest BCUT2D eigenvalue weighted by Crippen LogP contribution is 2.28. The molecule has 0 radical (unpaired) electrons. The van der Waals surface area contributed by atoms with Gasteiger partial charge in [-0.3, -0.25) is 4.79 Å². The molecular weight excluding hydrogens is 232 g/mol. The van der Waals surface area contributed by atoms with Crippen molar-refractivity contribution in [1.29, 1.82) is 0 Å².